The van der Waals surface area contributed by atoms with Crippen LogP contribution in [0.25, 0.3) is 10.9 Å². The van der Waals surface area contributed by atoms with E-state index in [1.807, 2.05) is 60.5 Å². The van der Waals surface area contributed by atoms with E-state index in [-0.39, 0.29) is 36.0 Å². The van der Waals surface area contributed by atoms with Crippen LogP contribution in [0, 0.1) is 18.8 Å². The van der Waals surface area contributed by atoms with Gasteiger partial charge in [-0.2, -0.15) is 0 Å². The van der Waals surface area contributed by atoms with Gasteiger partial charge in [0.05, 0.1) is 13.0 Å². The third-order valence-corrected chi connectivity index (χ3v) is 7.67. The fraction of sp³-hybridized carbons (Fsp3) is 0.414. The van der Waals surface area contributed by atoms with Crippen LogP contribution in [0.1, 0.15) is 30.4 Å². The number of benzene rings is 2. The SMILES string of the molecule is COc1ccc2[nH]cc(CCNC(=O)C3CCN(C(=O)C4CC(=O)N(c5ccc(C)cc5)C4)CC3)c2c1. The number of amides is 3. The number of hydrogen-bond acceptors (Lipinski definition) is 4. The lowest BCUT2D eigenvalue weighted by Crippen LogP contribution is -2.45. The number of likely N-dealkylation sites (tertiary alicyclic amines) is 1. The average Bonchev–Trinajstić information content (AvgIpc) is 3.51. The number of hydrogen-bond donors (Lipinski definition) is 2. The van der Waals surface area contributed by atoms with Crippen molar-refractivity contribution in [3.05, 3.63) is 59.8 Å². The number of rotatable bonds is 7. The molecule has 2 aromatic carbocycles. The first-order valence-electron chi connectivity index (χ1n) is 13.0. The van der Waals surface area contributed by atoms with Crippen LogP contribution in [0.15, 0.2) is 48.7 Å². The number of piperidine rings is 1. The molecule has 5 rings (SSSR count). The molecular formula is C29H34N4O4. The van der Waals surface area contributed by atoms with Crippen LogP contribution in [0.3, 0.4) is 0 Å². The number of fused-ring (bicyclic) bond motifs is 1. The Morgan fingerprint density at radius 3 is 2.57 bits per heavy atom. The minimum Gasteiger partial charge on any atom is -0.497 e. The highest BCUT2D eigenvalue weighted by Crippen LogP contribution is 2.28. The summed E-state index contributed by atoms with van der Waals surface area (Å²) in [5.41, 5.74) is 4.16. The van der Waals surface area contributed by atoms with Crippen LogP contribution in [-0.4, -0.2) is 60.9 Å². The van der Waals surface area contributed by atoms with Gasteiger partial charge in [0.1, 0.15) is 5.75 Å². The van der Waals surface area contributed by atoms with Gasteiger partial charge in [-0.1, -0.05) is 17.7 Å². The van der Waals surface area contributed by atoms with Crippen molar-refractivity contribution in [2.45, 2.75) is 32.6 Å². The Labute approximate surface area is 217 Å². The number of H-pyrrole nitrogens is 1. The molecule has 8 nitrogen and oxygen atoms in total. The molecule has 3 aromatic rings. The second-order valence-corrected chi connectivity index (χ2v) is 10.1. The van der Waals surface area contributed by atoms with Gasteiger partial charge >= 0.3 is 0 Å². The molecule has 1 aromatic heterocycles. The van der Waals surface area contributed by atoms with Crippen molar-refractivity contribution in [3.8, 4) is 5.75 Å². The average molecular weight is 503 g/mol. The first kappa shape index (κ1) is 24.9. The molecule has 194 valence electrons. The van der Waals surface area contributed by atoms with E-state index < -0.39 is 0 Å². The molecule has 3 heterocycles. The minimum atomic E-state index is -0.325. The van der Waals surface area contributed by atoms with E-state index in [0.717, 1.165) is 39.9 Å². The molecule has 2 N–H and O–H groups in total. The summed E-state index contributed by atoms with van der Waals surface area (Å²) in [4.78, 5) is 45.3. The zero-order valence-corrected chi connectivity index (χ0v) is 21.5. The second-order valence-electron chi connectivity index (χ2n) is 10.1. The second kappa shape index (κ2) is 10.7. The van der Waals surface area contributed by atoms with Crippen LogP contribution >= 0.6 is 0 Å². The molecule has 1 atom stereocenters. The lowest BCUT2D eigenvalue weighted by Gasteiger charge is -2.33. The summed E-state index contributed by atoms with van der Waals surface area (Å²) >= 11 is 0. The number of carbonyl (C=O) groups is 3. The first-order valence-corrected chi connectivity index (χ1v) is 13.0. The zero-order chi connectivity index (χ0) is 25.9. The van der Waals surface area contributed by atoms with Gasteiger partial charge in [-0.05, 0) is 62.1 Å². The summed E-state index contributed by atoms with van der Waals surface area (Å²) < 4.78 is 5.33. The molecule has 8 heteroatoms. The quantitative estimate of drug-likeness (QED) is 0.518. The van der Waals surface area contributed by atoms with Crippen molar-refractivity contribution in [1.29, 1.82) is 0 Å². The van der Waals surface area contributed by atoms with E-state index in [2.05, 4.69) is 10.3 Å². The molecule has 0 aliphatic carbocycles. The van der Waals surface area contributed by atoms with Crippen molar-refractivity contribution in [2.24, 2.45) is 11.8 Å². The monoisotopic (exact) mass is 502 g/mol. The molecule has 37 heavy (non-hydrogen) atoms. The summed E-state index contributed by atoms with van der Waals surface area (Å²) in [6.45, 7) is 4.08. The predicted octanol–water partition coefficient (Wildman–Crippen LogP) is 3.44. The van der Waals surface area contributed by atoms with E-state index >= 15 is 0 Å². The fourth-order valence-electron chi connectivity index (χ4n) is 5.42. The van der Waals surface area contributed by atoms with Crippen molar-refractivity contribution in [3.63, 3.8) is 0 Å². The zero-order valence-electron chi connectivity index (χ0n) is 21.5. The highest BCUT2D eigenvalue weighted by molar-refractivity contribution is 6.00. The Morgan fingerprint density at radius 1 is 1.08 bits per heavy atom. The minimum absolute atomic E-state index is 0.00916. The number of methoxy groups -OCH3 is 1. The van der Waals surface area contributed by atoms with Crippen molar-refractivity contribution >= 4 is 34.3 Å². The van der Waals surface area contributed by atoms with Crippen LogP contribution in [-0.2, 0) is 20.8 Å². The Kier molecular flexibility index (Phi) is 7.17. The van der Waals surface area contributed by atoms with Gasteiger partial charge < -0.3 is 24.8 Å². The number of nitrogens with one attached hydrogen (secondary N) is 2. The van der Waals surface area contributed by atoms with Gasteiger partial charge in [0.25, 0.3) is 0 Å². The maximum Gasteiger partial charge on any atom is 0.228 e. The lowest BCUT2D eigenvalue weighted by molar-refractivity contribution is -0.139. The van der Waals surface area contributed by atoms with Gasteiger partial charge in [-0.3, -0.25) is 14.4 Å². The van der Waals surface area contributed by atoms with Crippen LogP contribution in [0.4, 0.5) is 5.69 Å². The Hall–Kier alpha value is -3.81. The highest BCUT2D eigenvalue weighted by Gasteiger charge is 2.38. The molecular weight excluding hydrogens is 468 g/mol. The molecule has 0 saturated carbocycles. The number of aromatic amines is 1. The van der Waals surface area contributed by atoms with Crippen LogP contribution < -0.4 is 15.0 Å². The number of carbonyl (C=O) groups excluding carboxylic acids is 3. The standard InChI is InChI=1S/C29H34N4O4/c1-19-3-5-23(6-4-19)33-18-22(15-27(33)34)29(36)32-13-10-20(11-14-32)28(35)30-12-9-21-17-31-26-8-7-24(37-2)16-25(21)26/h3-8,16-17,20,22,31H,9-15,18H2,1-2H3,(H,30,35). The molecule has 2 saturated heterocycles. The van der Waals surface area contributed by atoms with Gasteiger partial charge in [0.2, 0.25) is 17.7 Å². The topological polar surface area (TPSA) is 94.7 Å². The van der Waals surface area contributed by atoms with Gasteiger partial charge in [-0.25, -0.2) is 0 Å². The third kappa shape index (κ3) is 5.33. The summed E-state index contributed by atoms with van der Waals surface area (Å²) in [5.74, 6) is 0.451. The van der Waals surface area contributed by atoms with Crippen molar-refractivity contribution in [2.75, 3.05) is 38.2 Å². The Morgan fingerprint density at radius 2 is 1.84 bits per heavy atom. The molecule has 0 spiro atoms. The Balaban J connectivity index is 1.08. The van der Waals surface area contributed by atoms with Crippen molar-refractivity contribution in [1.82, 2.24) is 15.2 Å². The fourth-order valence-corrected chi connectivity index (χ4v) is 5.42. The molecule has 2 aliphatic rings. The molecule has 2 aliphatic heterocycles. The van der Waals surface area contributed by atoms with Crippen molar-refractivity contribution < 1.29 is 19.1 Å². The number of aryl methyl sites for hydroxylation is 1. The predicted molar refractivity (Wildman–Crippen MR) is 143 cm³/mol. The maximum absolute atomic E-state index is 13.1. The molecule has 2 fully saturated rings. The van der Waals surface area contributed by atoms with Crippen LogP contribution in [0.2, 0.25) is 0 Å². The Bertz CT molecular complexity index is 1290. The molecule has 0 bridgehead atoms. The molecule has 3 amide bonds. The number of nitrogens with zero attached hydrogens (tertiary/aromatic N) is 2. The first-order chi connectivity index (χ1) is 17.9. The molecule has 1 unspecified atom stereocenters. The van der Waals surface area contributed by atoms with Gasteiger partial charge in [0.15, 0.2) is 0 Å². The van der Waals surface area contributed by atoms with E-state index in [1.165, 1.54) is 0 Å². The van der Waals surface area contributed by atoms with E-state index in [4.69, 9.17) is 4.74 Å². The normalized spacial score (nSPS) is 18.4. The summed E-state index contributed by atoms with van der Waals surface area (Å²) in [6, 6.07) is 13.7. The van der Waals surface area contributed by atoms with E-state index in [0.29, 0.717) is 39.0 Å². The summed E-state index contributed by atoms with van der Waals surface area (Å²) in [6.07, 6.45) is 4.23. The van der Waals surface area contributed by atoms with Crippen LogP contribution in [0.5, 0.6) is 5.75 Å². The van der Waals surface area contributed by atoms with E-state index in [1.54, 1.807) is 12.0 Å². The van der Waals surface area contributed by atoms with Gasteiger partial charge in [-0.15, -0.1) is 0 Å². The largest absolute Gasteiger partial charge is 0.497 e. The number of ether oxygens (including phenoxy) is 1. The summed E-state index contributed by atoms with van der Waals surface area (Å²) in [5, 5.41) is 4.18. The van der Waals surface area contributed by atoms with Gasteiger partial charge in [0, 0.05) is 61.3 Å². The lowest BCUT2D eigenvalue weighted by atomic mass is 9.94. The smallest absolute Gasteiger partial charge is 0.228 e. The number of anilines is 1. The highest BCUT2D eigenvalue weighted by atomic mass is 16.5. The van der Waals surface area contributed by atoms with E-state index in [9.17, 15) is 14.4 Å². The number of aromatic nitrogens is 1. The third-order valence-electron chi connectivity index (χ3n) is 7.67. The maximum atomic E-state index is 13.1. The molecule has 0 radical (unpaired) electrons. The summed E-state index contributed by atoms with van der Waals surface area (Å²) in [7, 11) is 1.65.